The van der Waals surface area contributed by atoms with Gasteiger partial charge in [0.2, 0.25) is 11.5 Å². The Morgan fingerprint density at radius 2 is 1.89 bits per heavy atom. The second-order valence-corrected chi connectivity index (χ2v) is 5.35. The number of nitrogens with one attached hydrogen (secondary N) is 1. The first-order valence-electron chi connectivity index (χ1n) is 6.96. The van der Waals surface area contributed by atoms with E-state index in [9.17, 15) is 9.59 Å². The van der Waals surface area contributed by atoms with Crippen molar-refractivity contribution in [2.75, 3.05) is 31.1 Å². The highest BCUT2D eigenvalue weighted by Gasteiger charge is 2.31. The lowest BCUT2D eigenvalue weighted by molar-refractivity contribution is -0.138. The maximum atomic E-state index is 12.1. The van der Waals surface area contributed by atoms with Crippen molar-refractivity contribution in [1.29, 1.82) is 0 Å². The third-order valence-corrected chi connectivity index (χ3v) is 4.18. The van der Waals surface area contributed by atoms with Gasteiger partial charge in [-0.2, -0.15) is 0 Å². The van der Waals surface area contributed by atoms with Crippen LogP contribution in [0.25, 0.3) is 0 Å². The molecular formula is C14H19N3O2. The second kappa shape index (κ2) is 5.07. The van der Waals surface area contributed by atoms with E-state index < -0.39 is 0 Å². The molecule has 0 atom stereocenters. The fourth-order valence-corrected chi connectivity index (χ4v) is 2.70. The molecule has 1 aliphatic heterocycles. The summed E-state index contributed by atoms with van der Waals surface area (Å²) in [5, 5.41) is 0. The van der Waals surface area contributed by atoms with E-state index in [0.717, 1.165) is 44.7 Å². The van der Waals surface area contributed by atoms with Crippen molar-refractivity contribution in [3.8, 4) is 0 Å². The molecule has 1 saturated heterocycles. The predicted molar refractivity (Wildman–Crippen MR) is 73.2 cm³/mol. The molecule has 3 rings (SSSR count). The van der Waals surface area contributed by atoms with Crippen molar-refractivity contribution < 1.29 is 4.79 Å². The third-order valence-electron chi connectivity index (χ3n) is 4.18. The molecule has 0 bridgehead atoms. The lowest BCUT2D eigenvalue weighted by Gasteiger charge is -2.39. The summed E-state index contributed by atoms with van der Waals surface area (Å²) in [6.45, 7) is 3.25. The molecule has 102 valence electrons. The minimum atomic E-state index is -0.0810. The van der Waals surface area contributed by atoms with E-state index in [1.54, 1.807) is 12.3 Å². The van der Waals surface area contributed by atoms with Crippen molar-refractivity contribution in [3.63, 3.8) is 0 Å². The molecule has 1 N–H and O–H groups in total. The van der Waals surface area contributed by atoms with Gasteiger partial charge in [0, 0.05) is 44.4 Å². The van der Waals surface area contributed by atoms with Crippen LogP contribution >= 0.6 is 0 Å². The summed E-state index contributed by atoms with van der Waals surface area (Å²) in [4.78, 5) is 30.1. The summed E-state index contributed by atoms with van der Waals surface area (Å²) in [6.07, 6.45) is 5.08. The molecule has 19 heavy (non-hydrogen) atoms. The molecule has 0 radical (unpaired) electrons. The molecule has 0 unspecified atom stereocenters. The molecule has 2 aliphatic rings. The number of hydrogen-bond acceptors (Lipinski definition) is 3. The first kappa shape index (κ1) is 12.3. The number of piperazine rings is 1. The van der Waals surface area contributed by atoms with E-state index in [0.29, 0.717) is 11.8 Å². The van der Waals surface area contributed by atoms with Gasteiger partial charge in [0.05, 0.1) is 5.69 Å². The number of amides is 1. The lowest BCUT2D eigenvalue weighted by atomic mass is 9.84. The Hall–Kier alpha value is -1.78. The first-order chi connectivity index (χ1) is 9.24. The minimum Gasteiger partial charge on any atom is -0.367 e. The van der Waals surface area contributed by atoms with E-state index in [1.807, 2.05) is 11.0 Å². The maximum absolute atomic E-state index is 12.1. The maximum Gasteiger partial charge on any atom is 0.248 e. The van der Waals surface area contributed by atoms with Gasteiger partial charge in [-0.3, -0.25) is 9.59 Å². The number of aromatic amines is 1. The van der Waals surface area contributed by atoms with Gasteiger partial charge in [-0.1, -0.05) is 6.42 Å². The van der Waals surface area contributed by atoms with Gasteiger partial charge >= 0.3 is 0 Å². The summed E-state index contributed by atoms with van der Waals surface area (Å²) in [5.41, 5.74) is 0.942. The standard InChI is InChI=1S/C14H19N3O2/c18-13-5-4-12(10-15-13)16-6-8-17(9-7-16)14(19)11-2-1-3-11/h4-5,10-11H,1-3,6-9H2,(H,15,18). The van der Waals surface area contributed by atoms with Crippen LogP contribution in [0.3, 0.4) is 0 Å². The zero-order chi connectivity index (χ0) is 13.2. The average molecular weight is 261 g/mol. The average Bonchev–Trinajstić information content (AvgIpc) is 2.38. The van der Waals surface area contributed by atoms with Crippen LogP contribution in [-0.2, 0) is 4.79 Å². The van der Waals surface area contributed by atoms with Crippen LogP contribution in [0.4, 0.5) is 5.69 Å². The minimum absolute atomic E-state index is 0.0810. The van der Waals surface area contributed by atoms with E-state index in [-0.39, 0.29) is 5.56 Å². The topological polar surface area (TPSA) is 56.4 Å². The smallest absolute Gasteiger partial charge is 0.248 e. The summed E-state index contributed by atoms with van der Waals surface area (Å²) in [5.74, 6) is 0.631. The third kappa shape index (κ3) is 2.50. The summed E-state index contributed by atoms with van der Waals surface area (Å²) >= 11 is 0. The number of H-pyrrole nitrogens is 1. The van der Waals surface area contributed by atoms with E-state index in [2.05, 4.69) is 9.88 Å². The monoisotopic (exact) mass is 261 g/mol. The Balaban J connectivity index is 1.58. The Labute approximate surface area is 112 Å². The van der Waals surface area contributed by atoms with E-state index in [1.165, 1.54) is 6.42 Å². The van der Waals surface area contributed by atoms with Crippen molar-refractivity contribution in [2.45, 2.75) is 19.3 Å². The zero-order valence-corrected chi connectivity index (χ0v) is 11.0. The second-order valence-electron chi connectivity index (χ2n) is 5.35. The molecule has 1 aliphatic carbocycles. The van der Waals surface area contributed by atoms with Gasteiger partial charge in [0.1, 0.15) is 0 Å². The van der Waals surface area contributed by atoms with Crippen LogP contribution in [-0.4, -0.2) is 42.0 Å². The van der Waals surface area contributed by atoms with E-state index >= 15 is 0 Å². The Kier molecular flexibility index (Phi) is 3.27. The Morgan fingerprint density at radius 1 is 1.16 bits per heavy atom. The normalized spacial score (nSPS) is 20.2. The zero-order valence-electron chi connectivity index (χ0n) is 11.0. The number of aromatic nitrogens is 1. The van der Waals surface area contributed by atoms with E-state index in [4.69, 9.17) is 0 Å². The molecule has 1 aromatic heterocycles. The van der Waals surface area contributed by atoms with Crippen LogP contribution in [0.15, 0.2) is 23.1 Å². The van der Waals surface area contributed by atoms with Crippen LogP contribution in [0.1, 0.15) is 19.3 Å². The van der Waals surface area contributed by atoms with Crippen LogP contribution in [0.2, 0.25) is 0 Å². The van der Waals surface area contributed by atoms with Gasteiger partial charge in [-0.15, -0.1) is 0 Å². The number of nitrogens with zero attached hydrogens (tertiary/aromatic N) is 2. The predicted octanol–water partition coefficient (Wildman–Crippen LogP) is 0.824. The fourth-order valence-electron chi connectivity index (χ4n) is 2.70. The Bertz CT molecular complexity index is 493. The number of hydrogen-bond donors (Lipinski definition) is 1. The SMILES string of the molecule is O=C(C1CCC1)N1CCN(c2ccc(=O)[nH]c2)CC1. The molecule has 5 nitrogen and oxygen atoms in total. The molecule has 0 aromatic carbocycles. The molecule has 1 saturated carbocycles. The number of carbonyl (C=O) groups excluding carboxylic acids is 1. The molecule has 0 spiro atoms. The molecule has 2 fully saturated rings. The van der Waals surface area contributed by atoms with Crippen LogP contribution in [0.5, 0.6) is 0 Å². The summed E-state index contributed by atoms with van der Waals surface area (Å²) < 4.78 is 0. The molecule has 1 amide bonds. The van der Waals surface area contributed by atoms with Gasteiger partial charge in [0.25, 0.3) is 0 Å². The number of carbonyl (C=O) groups is 1. The summed E-state index contributed by atoms with van der Waals surface area (Å²) in [7, 11) is 0. The highest BCUT2D eigenvalue weighted by Crippen LogP contribution is 2.28. The van der Waals surface area contributed by atoms with Crippen molar-refractivity contribution in [2.24, 2.45) is 5.92 Å². The fraction of sp³-hybridized carbons (Fsp3) is 0.571. The number of rotatable bonds is 2. The highest BCUT2D eigenvalue weighted by molar-refractivity contribution is 5.79. The molecular weight excluding hydrogens is 242 g/mol. The van der Waals surface area contributed by atoms with Gasteiger partial charge < -0.3 is 14.8 Å². The van der Waals surface area contributed by atoms with Crippen molar-refractivity contribution in [1.82, 2.24) is 9.88 Å². The van der Waals surface area contributed by atoms with Gasteiger partial charge in [-0.05, 0) is 18.9 Å². The van der Waals surface area contributed by atoms with Gasteiger partial charge in [0.15, 0.2) is 0 Å². The van der Waals surface area contributed by atoms with Crippen molar-refractivity contribution >= 4 is 11.6 Å². The molecule has 1 aromatic rings. The lowest BCUT2D eigenvalue weighted by Crippen LogP contribution is -2.51. The largest absolute Gasteiger partial charge is 0.367 e. The van der Waals surface area contributed by atoms with Crippen LogP contribution in [0, 0.1) is 5.92 Å². The van der Waals surface area contributed by atoms with Crippen molar-refractivity contribution in [3.05, 3.63) is 28.7 Å². The van der Waals surface area contributed by atoms with Crippen LogP contribution < -0.4 is 10.5 Å². The Morgan fingerprint density at radius 3 is 2.42 bits per heavy atom. The number of anilines is 1. The first-order valence-corrected chi connectivity index (χ1v) is 6.96. The quantitative estimate of drug-likeness (QED) is 0.857. The molecule has 2 heterocycles. The summed E-state index contributed by atoms with van der Waals surface area (Å²) in [6, 6.07) is 3.38. The van der Waals surface area contributed by atoms with Gasteiger partial charge in [-0.25, -0.2) is 0 Å². The molecule has 5 heteroatoms. The number of pyridine rings is 1. The highest BCUT2D eigenvalue weighted by atomic mass is 16.2.